The van der Waals surface area contributed by atoms with Crippen molar-refractivity contribution in [2.24, 2.45) is 0 Å². The van der Waals surface area contributed by atoms with Crippen molar-refractivity contribution in [3.8, 4) is 0 Å². The molecule has 8 heteroatoms. The normalized spacial score (nSPS) is 12.0. The van der Waals surface area contributed by atoms with E-state index in [-0.39, 0.29) is 36.2 Å². The second-order valence-electron chi connectivity index (χ2n) is 3.43. The molecule has 0 aromatic carbocycles. The van der Waals surface area contributed by atoms with Crippen molar-refractivity contribution >= 4 is 21.6 Å². The predicted molar refractivity (Wildman–Crippen MR) is 67.0 cm³/mol. The van der Waals surface area contributed by atoms with Crippen LogP contribution in [0, 0.1) is 0 Å². The highest BCUT2D eigenvalue weighted by atomic mass is 35.5. The Kier molecular flexibility index (Phi) is 5.97. The lowest BCUT2D eigenvalue weighted by atomic mass is 10.5. The average molecular weight is 295 g/mol. The molecule has 0 atom stereocenters. The van der Waals surface area contributed by atoms with Crippen molar-refractivity contribution in [1.29, 1.82) is 0 Å². The van der Waals surface area contributed by atoms with Gasteiger partial charge in [-0.2, -0.15) is 4.31 Å². The Bertz CT molecular complexity index is 481. The third-order valence-corrected chi connectivity index (χ3v) is 4.61. The molecule has 0 aliphatic rings. The third-order valence-electron chi connectivity index (χ3n) is 2.25. The molecule has 0 aliphatic heterocycles. The second-order valence-corrected chi connectivity index (χ2v) is 5.74. The maximum absolute atomic E-state index is 12.3. The molecular formula is C10H15ClN2O4S. The molecule has 0 radical (unpaired) electrons. The zero-order chi connectivity index (χ0) is 13.6. The van der Waals surface area contributed by atoms with Crippen LogP contribution in [-0.2, 0) is 14.8 Å². The summed E-state index contributed by atoms with van der Waals surface area (Å²) in [5, 5.41) is 9.02. The molecule has 0 unspecified atom stereocenters. The van der Waals surface area contributed by atoms with E-state index < -0.39 is 10.0 Å². The Morgan fingerprint density at radius 2 is 2.22 bits per heavy atom. The van der Waals surface area contributed by atoms with E-state index in [9.17, 15) is 8.42 Å². The Morgan fingerprint density at radius 1 is 1.50 bits per heavy atom. The number of halogens is 1. The number of aliphatic hydroxyl groups excluding tert-OH is 1. The summed E-state index contributed by atoms with van der Waals surface area (Å²) in [5.41, 5.74) is 0. The molecule has 6 nitrogen and oxygen atoms in total. The van der Waals surface area contributed by atoms with Crippen LogP contribution >= 0.6 is 11.6 Å². The smallest absolute Gasteiger partial charge is 0.246 e. The lowest BCUT2D eigenvalue weighted by molar-refractivity contribution is 0.168. The SMILES string of the molecule is COCCN(CCO)S(=O)(=O)c1cnccc1Cl. The van der Waals surface area contributed by atoms with Crippen molar-refractivity contribution in [3.63, 3.8) is 0 Å². The van der Waals surface area contributed by atoms with Gasteiger partial charge in [0.25, 0.3) is 0 Å². The number of rotatable bonds is 7. The number of hydrogen-bond acceptors (Lipinski definition) is 5. The first-order valence-corrected chi connectivity index (χ1v) is 7.05. The molecule has 0 saturated carbocycles. The van der Waals surface area contributed by atoms with E-state index >= 15 is 0 Å². The lowest BCUT2D eigenvalue weighted by Gasteiger charge is -2.21. The molecular weight excluding hydrogens is 280 g/mol. The van der Waals surface area contributed by atoms with Crippen molar-refractivity contribution in [3.05, 3.63) is 23.5 Å². The summed E-state index contributed by atoms with van der Waals surface area (Å²) in [7, 11) is -2.29. The van der Waals surface area contributed by atoms with Crippen molar-refractivity contribution < 1.29 is 18.3 Å². The van der Waals surface area contributed by atoms with E-state index in [1.54, 1.807) is 0 Å². The summed E-state index contributed by atoms with van der Waals surface area (Å²) >= 11 is 5.85. The van der Waals surface area contributed by atoms with Gasteiger partial charge in [-0.05, 0) is 6.07 Å². The molecule has 1 N–H and O–H groups in total. The molecule has 0 saturated heterocycles. The van der Waals surface area contributed by atoms with Crippen molar-refractivity contribution in [2.75, 3.05) is 33.4 Å². The summed E-state index contributed by atoms with van der Waals surface area (Å²) < 4.78 is 30.5. The molecule has 0 fully saturated rings. The zero-order valence-corrected chi connectivity index (χ0v) is 11.5. The van der Waals surface area contributed by atoms with Gasteiger partial charge in [0.1, 0.15) is 4.90 Å². The summed E-state index contributed by atoms with van der Waals surface area (Å²) in [5.74, 6) is 0. The van der Waals surface area contributed by atoms with Crippen LogP contribution in [0.3, 0.4) is 0 Å². The van der Waals surface area contributed by atoms with Crippen LogP contribution in [0.2, 0.25) is 5.02 Å². The van der Waals surface area contributed by atoms with Gasteiger partial charge in [0.05, 0.1) is 18.2 Å². The van der Waals surface area contributed by atoms with Crippen LogP contribution in [0.15, 0.2) is 23.4 Å². The molecule has 1 rings (SSSR count). The molecule has 102 valence electrons. The molecule has 0 bridgehead atoms. The summed E-state index contributed by atoms with van der Waals surface area (Å²) in [6.07, 6.45) is 2.60. The number of nitrogens with zero attached hydrogens (tertiary/aromatic N) is 2. The number of pyridine rings is 1. The van der Waals surface area contributed by atoms with Gasteiger partial charge in [-0.15, -0.1) is 0 Å². The van der Waals surface area contributed by atoms with Crippen LogP contribution < -0.4 is 0 Å². The Labute approximate surface area is 111 Å². The van der Waals surface area contributed by atoms with Crippen molar-refractivity contribution in [1.82, 2.24) is 9.29 Å². The Morgan fingerprint density at radius 3 is 2.78 bits per heavy atom. The van der Waals surface area contributed by atoms with Crippen LogP contribution in [-0.4, -0.2) is 56.2 Å². The summed E-state index contributed by atoms with van der Waals surface area (Å²) in [4.78, 5) is 3.68. The highest BCUT2D eigenvalue weighted by Crippen LogP contribution is 2.22. The van der Waals surface area contributed by atoms with Gasteiger partial charge in [-0.1, -0.05) is 11.6 Å². The monoisotopic (exact) mass is 294 g/mol. The number of aromatic nitrogens is 1. The maximum Gasteiger partial charge on any atom is 0.246 e. The Hall–Kier alpha value is -0.730. The van der Waals surface area contributed by atoms with Gasteiger partial charge in [-0.25, -0.2) is 8.42 Å². The van der Waals surface area contributed by atoms with Gasteiger partial charge < -0.3 is 9.84 Å². The van der Waals surface area contributed by atoms with Crippen LogP contribution in [0.5, 0.6) is 0 Å². The zero-order valence-electron chi connectivity index (χ0n) is 9.91. The van der Waals surface area contributed by atoms with E-state index in [4.69, 9.17) is 21.4 Å². The first-order valence-electron chi connectivity index (χ1n) is 5.23. The topological polar surface area (TPSA) is 79.7 Å². The van der Waals surface area contributed by atoms with E-state index in [0.717, 1.165) is 4.31 Å². The summed E-state index contributed by atoms with van der Waals surface area (Å²) in [6, 6.07) is 1.40. The van der Waals surface area contributed by atoms with Crippen molar-refractivity contribution in [2.45, 2.75) is 4.90 Å². The maximum atomic E-state index is 12.3. The number of ether oxygens (including phenoxy) is 1. The fourth-order valence-electron chi connectivity index (χ4n) is 1.35. The molecule has 0 amide bonds. The fraction of sp³-hybridized carbons (Fsp3) is 0.500. The first kappa shape index (κ1) is 15.3. The minimum absolute atomic E-state index is 0.0169. The van der Waals surface area contributed by atoms with Crippen LogP contribution in [0.25, 0.3) is 0 Å². The molecule has 0 aliphatic carbocycles. The lowest BCUT2D eigenvalue weighted by Crippen LogP contribution is -2.36. The molecule has 0 spiro atoms. The van der Waals surface area contributed by atoms with E-state index in [2.05, 4.69) is 4.98 Å². The molecule has 1 heterocycles. The minimum atomic E-state index is -3.77. The first-order chi connectivity index (χ1) is 8.54. The largest absolute Gasteiger partial charge is 0.395 e. The second kappa shape index (κ2) is 7.01. The quantitative estimate of drug-likeness (QED) is 0.786. The van der Waals surface area contributed by atoms with E-state index in [0.29, 0.717) is 0 Å². The Balaban J connectivity index is 3.05. The standard InChI is InChI=1S/C10H15ClN2O4S/c1-17-7-5-13(4-6-14)18(15,16)10-8-12-3-2-9(10)11/h2-3,8,14H,4-7H2,1H3. The van der Waals surface area contributed by atoms with Gasteiger partial charge in [-0.3, -0.25) is 4.98 Å². The van der Waals surface area contributed by atoms with E-state index in [1.807, 2.05) is 0 Å². The molecule has 1 aromatic rings. The summed E-state index contributed by atoms with van der Waals surface area (Å²) in [6.45, 7) is 0.0828. The molecule has 18 heavy (non-hydrogen) atoms. The number of aliphatic hydroxyl groups is 1. The highest BCUT2D eigenvalue weighted by molar-refractivity contribution is 7.89. The van der Waals surface area contributed by atoms with Crippen LogP contribution in [0.1, 0.15) is 0 Å². The third kappa shape index (κ3) is 3.63. The van der Waals surface area contributed by atoms with Gasteiger partial charge in [0.2, 0.25) is 10.0 Å². The number of methoxy groups -OCH3 is 1. The number of sulfonamides is 1. The fourth-order valence-corrected chi connectivity index (χ4v) is 3.17. The number of hydrogen-bond donors (Lipinski definition) is 1. The van der Waals surface area contributed by atoms with Gasteiger partial charge >= 0.3 is 0 Å². The predicted octanol–water partition coefficient (Wildman–Crippen LogP) is 0.364. The van der Waals surface area contributed by atoms with Crippen LogP contribution in [0.4, 0.5) is 0 Å². The average Bonchev–Trinajstić information content (AvgIpc) is 2.34. The highest BCUT2D eigenvalue weighted by Gasteiger charge is 2.26. The van der Waals surface area contributed by atoms with Gasteiger partial charge in [0, 0.05) is 32.6 Å². The molecule has 1 aromatic heterocycles. The van der Waals surface area contributed by atoms with E-state index in [1.165, 1.54) is 25.6 Å². The minimum Gasteiger partial charge on any atom is -0.395 e. The van der Waals surface area contributed by atoms with Gasteiger partial charge in [0.15, 0.2) is 0 Å².